The molecule has 0 amide bonds. The molecule has 23 heavy (non-hydrogen) atoms. The summed E-state index contributed by atoms with van der Waals surface area (Å²) in [4.78, 5) is 0. The maximum atomic E-state index is 10.1. The standard InChI is InChI=1S/C22H32O/c1-14-11-16(23)12-15-13-18-21(4)9-6-8-20(2,3)17(21)7-10-22(18,5)19(14)15/h11-12,17-18,23H,6-10,13H2,1-5H3/t17-,18+,21-,22-/m0/s1. The summed E-state index contributed by atoms with van der Waals surface area (Å²) in [5.41, 5.74) is 5.56. The molecule has 0 radical (unpaired) electrons. The topological polar surface area (TPSA) is 20.2 Å². The zero-order chi connectivity index (χ0) is 16.6. The summed E-state index contributed by atoms with van der Waals surface area (Å²) in [7, 11) is 0. The van der Waals surface area contributed by atoms with Crippen LogP contribution in [0.2, 0.25) is 0 Å². The third-order valence-electron chi connectivity index (χ3n) is 8.19. The molecule has 4 atom stereocenters. The van der Waals surface area contributed by atoms with Crippen LogP contribution >= 0.6 is 0 Å². The predicted molar refractivity (Wildman–Crippen MR) is 95.9 cm³/mol. The van der Waals surface area contributed by atoms with Crippen molar-refractivity contribution >= 4 is 0 Å². The van der Waals surface area contributed by atoms with E-state index in [-0.39, 0.29) is 0 Å². The molecule has 0 heterocycles. The highest BCUT2D eigenvalue weighted by atomic mass is 16.3. The summed E-state index contributed by atoms with van der Waals surface area (Å²) >= 11 is 0. The van der Waals surface area contributed by atoms with Gasteiger partial charge >= 0.3 is 0 Å². The molecular formula is C22H32O. The highest BCUT2D eigenvalue weighted by Gasteiger charge is 2.61. The average molecular weight is 312 g/mol. The summed E-state index contributed by atoms with van der Waals surface area (Å²) in [5, 5.41) is 10.1. The predicted octanol–water partition coefficient (Wildman–Crippen LogP) is 5.76. The second kappa shape index (κ2) is 4.55. The maximum Gasteiger partial charge on any atom is 0.116 e. The fourth-order valence-corrected chi connectivity index (χ4v) is 7.45. The zero-order valence-corrected chi connectivity index (χ0v) is 15.5. The van der Waals surface area contributed by atoms with Crippen molar-refractivity contribution < 1.29 is 5.11 Å². The van der Waals surface area contributed by atoms with Gasteiger partial charge in [-0.2, -0.15) is 0 Å². The minimum absolute atomic E-state index is 0.311. The van der Waals surface area contributed by atoms with E-state index in [9.17, 15) is 5.11 Å². The number of hydrogen-bond acceptors (Lipinski definition) is 1. The van der Waals surface area contributed by atoms with Gasteiger partial charge in [-0.25, -0.2) is 0 Å². The van der Waals surface area contributed by atoms with Gasteiger partial charge in [-0.05, 0) is 95.9 Å². The quantitative estimate of drug-likeness (QED) is 0.646. The Bertz CT molecular complexity index is 658. The minimum atomic E-state index is 0.311. The Balaban J connectivity index is 1.84. The Hall–Kier alpha value is -0.980. The van der Waals surface area contributed by atoms with E-state index in [1.165, 1.54) is 49.7 Å². The Morgan fingerprint density at radius 2 is 1.74 bits per heavy atom. The Morgan fingerprint density at radius 1 is 1.00 bits per heavy atom. The molecule has 1 aromatic rings. The molecule has 0 unspecified atom stereocenters. The highest BCUT2D eigenvalue weighted by molar-refractivity contribution is 5.50. The van der Waals surface area contributed by atoms with Crippen LogP contribution in [0.15, 0.2) is 12.1 Å². The summed E-state index contributed by atoms with van der Waals surface area (Å²) in [6.07, 6.45) is 8.03. The maximum absolute atomic E-state index is 10.1. The molecule has 2 fully saturated rings. The molecule has 1 aromatic carbocycles. The van der Waals surface area contributed by atoms with Gasteiger partial charge in [0, 0.05) is 0 Å². The SMILES string of the molecule is Cc1cc(O)cc2c1[C@@]1(C)CC[C@H]3C(C)(C)CCC[C@]3(C)[C@H]1C2. The van der Waals surface area contributed by atoms with Gasteiger partial charge in [-0.1, -0.05) is 34.1 Å². The van der Waals surface area contributed by atoms with E-state index < -0.39 is 0 Å². The van der Waals surface area contributed by atoms with Crippen molar-refractivity contribution in [3.8, 4) is 5.75 Å². The van der Waals surface area contributed by atoms with Crippen LogP contribution in [0.25, 0.3) is 0 Å². The second-order valence-electron chi connectivity index (χ2n) is 9.91. The minimum Gasteiger partial charge on any atom is -0.508 e. The molecule has 3 aliphatic rings. The van der Waals surface area contributed by atoms with E-state index in [0.29, 0.717) is 22.0 Å². The lowest BCUT2D eigenvalue weighted by molar-refractivity contribution is -0.0983. The van der Waals surface area contributed by atoms with E-state index in [2.05, 4.69) is 40.7 Å². The number of phenolic OH excluding ortho intramolecular Hbond substituents is 1. The van der Waals surface area contributed by atoms with E-state index in [0.717, 1.165) is 11.8 Å². The first-order chi connectivity index (χ1) is 10.7. The smallest absolute Gasteiger partial charge is 0.116 e. The van der Waals surface area contributed by atoms with Crippen LogP contribution in [0.3, 0.4) is 0 Å². The number of fused-ring (bicyclic) bond motifs is 5. The summed E-state index contributed by atoms with van der Waals surface area (Å²) < 4.78 is 0. The van der Waals surface area contributed by atoms with E-state index >= 15 is 0 Å². The third kappa shape index (κ3) is 1.91. The highest BCUT2D eigenvalue weighted by Crippen LogP contribution is 2.67. The summed E-state index contributed by atoms with van der Waals surface area (Å²) in [6.45, 7) is 12.3. The van der Waals surface area contributed by atoms with Gasteiger partial charge in [-0.15, -0.1) is 0 Å². The van der Waals surface area contributed by atoms with Crippen LogP contribution in [0.4, 0.5) is 0 Å². The van der Waals surface area contributed by atoms with Crippen molar-refractivity contribution in [2.75, 3.05) is 0 Å². The van der Waals surface area contributed by atoms with Crippen LogP contribution in [0, 0.1) is 29.6 Å². The third-order valence-corrected chi connectivity index (χ3v) is 8.19. The molecule has 1 N–H and O–H groups in total. The second-order valence-corrected chi connectivity index (χ2v) is 9.91. The number of phenols is 1. The largest absolute Gasteiger partial charge is 0.508 e. The van der Waals surface area contributed by atoms with Crippen molar-refractivity contribution in [3.05, 3.63) is 28.8 Å². The van der Waals surface area contributed by atoms with E-state index in [1.807, 2.05) is 6.07 Å². The normalized spacial score (nSPS) is 41.1. The fraction of sp³-hybridized carbons (Fsp3) is 0.727. The molecule has 4 rings (SSSR count). The van der Waals surface area contributed by atoms with Crippen molar-refractivity contribution in [2.45, 2.75) is 78.6 Å². The van der Waals surface area contributed by atoms with E-state index in [1.54, 1.807) is 5.56 Å². The van der Waals surface area contributed by atoms with E-state index in [4.69, 9.17) is 0 Å². The summed E-state index contributed by atoms with van der Waals surface area (Å²) in [6, 6.07) is 4.03. The van der Waals surface area contributed by atoms with Crippen molar-refractivity contribution in [1.82, 2.24) is 0 Å². The first-order valence-electron chi connectivity index (χ1n) is 9.51. The lowest BCUT2D eigenvalue weighted by Crippen LogP contribution is -2.55. The molecule has 0 aliphatic heterocycles. The molecule has 1 heteroatoms. The molecule has 126 valence electrons. The molecule has 3 aliphatic carbocycles. The summed E-state index contributed by atoms with van der Waals surface area (Å²) in [5.74, 6) is 2.04. The molecule has 1 nitrogen and oxygen atoms in total. The lowest BCUT2D eigenvalue weighted by Gasteiger charge is -2.61. The van der Waals surface area contributed by atoms with Crippen LogP contribution < -0.4 is 0 Å². The van der Waals surface area contributed by atoms with Gasteiger partial charge in [0.05, 0.1) is 0 Å². The molecule has 0 saturated heterocycles. The van der Waals surface area contributed by atoms with Crippen LogP contribution in [0.1, 0.15) is 76.5 Å². The van der Waals surface area contributed by atoms with Gasteiger partial charge in [0.15, 0.2) is 0 Å². The Labute approximate surface area is 141 Å². The molecule has 0 bridgehead atoms. The number of benzene rings is 1. The first kappa shape index (κ1) is 15.5. The van der Waals surface area contributed by atoms with Crippen molar-refractivity contribution in [1.29, 1.82) is 0 Å². The molecule has 0 spiro atoms. The Morgan fingerprint density at radius 3 is 2.48 bits per heavy atom. The number of aromatic hydroxyl groups is 1. The molecule has 2 saturated carbocycles. The lowest BCUT2D eigenvalue weighted by atomic mass is 9.43. The number of hydrogen-bond donors (Lipinski definition) is 1. The van der Waals surface area contributed by atoms with Gasteiger partial charge in [0.1, 0.15) is 5.75 Å². The monoisotopic (exact) mass is 312 g/mol. The van der Waals surface area contributed by atoms with Crippen molar-refractivity contribution in [3.63, 3.8) is 0 Å². The van der Waals surface area contributed by atoms with Gasteiger partial charge in [0.25, 0.3) is 0 Å². The fourth-order valence-electron chi connectivity index (χ4n) is 7.45. The first-order valence-corrected chi connectivity index (χ1v) is 9.51. The van der Waals surface area contributed by atoms with Crippen LogP contribution in [-0.4, -0.2) is 5.11 Å². The molecule has 0 aromatic heterocycles. The van der Waals surface area contributed by atoms with Gasteiger partial charge in [0.2, 0.25) is 0 Å². The van der Waals surface area contributed by atoms with Gasteiger partial charge < -0.3 is 5.11 Å². The van der Waals surface area contributed by atoms with Gasteiger partial charge in [-0.3, -0.25) is 0 Å². The number of aryl methyl sites for hydroxylation is 1. The molecular weight excluding hydrogens is 280 g/mol. The average Bonchev–Trinajstić information content (AvgIpc) is 2.71. The number of rotatable bonds is 0. The van der Waals surface area contributed by atoms with Crippen molar-refractivity contribution in [2.24, 2.45) is 22.7 Å². The Kier molecular flexibility index (Phi) is 3.08. The van der Waals surface area contributed by atoms with Crippen LogP contribution in [-0.2, 0) is 11.8 Å². The van der Waals surface area contributed by atoms with Crippen LogP contribution in [0.5, 0.6) is 5.75 Å². The zero-order valence-electron chi connectivity index (χ0n) is 15.5.